The number of carboxylic acids is 1. The zero-order chi connectivity index (χ0) is 35.9. The lowest BCUT2D eigenvalue weighted by Gasteiger charge is -2.53. The molecule has 11 heteroatoms. The molecule has 8 nitrogen and oxygen atoms in total. The fourth-order valence-electron chi connectivity index (χ4n) is 5.83. The van der Waals surface area contributed by atoms with Gasteiger partial charge in [-0.25, -0.2) is 4.79 Å². The summed E-state index contributed by atoms with van der Waals surface area (Å²) in [7, 11) is 1.31. The lowest BCUT2D eigenvalue weighted by molar-refractivity contribution is -0.179. The van der Waals surface area contributed by atoms with Crippen LogP contribution in [0.4, 0.5) is 5.69 Å². The Morgan fingerprint density at radius 1 is 1.11 bits per heavy atom. The van der Waals surface area contributed by atoms with E-state index >= 15 is 0 Å². The number of hydrogen-bond acceptors (Lipinski definition) is 8. The molecule has 0 aromatic heterocycles. The van der Waals surface area contributed by atoms with Gasteiger partial charge in [0.25, 0.3) is 11.8 Å². The average Bonchev–Trinajstić information content (AvgIpc) is 3.36. The van der Waals surface area contributed by atoms with Crippen LogP contribution in [-0.4, -0.2) is 62.6 Å². The van der Waals surface area contributed by atoms with E-state index in [0.717, 1.165) is 66.8 Å². The lowest BCUT2D eigenvalue weighted by atomic mass is 9.78. The zero-order valence-corrected chi connectivity index (χ0v) is 31.9. The van der Waals surface area contributed by atoms with E-state index in [1.165, 1.54) is 25.3 Å². The van der Waals surface area contributed by atoms with Gasteiger partial charge >= 0.3 is 5.97 Å². The van der Waals surface area contributed by atoms with Crippen LogP contribution in [0.25, 0.3) is 5.57 Å². The predicted molar refractivity (Wildman–Crippen MR) is 199 cm³/mol. The number of amides is 3. The first-order valence-electron chi connectivity index (χ1n) is 15.8. The molecule has 2 unspecified atom stereocenters. The van der Waals surface area contributed by atoms with E-state index < -0.39 is 15.6 Å². The SMILES string of the molecule is C=CCSC1(SCC)C(C(=C)C)=C(C(=O)O)SC2=C1c1cc(C)c(C)c(C)c1N(C=O)C2(C)CC.CCC.CON1C(=O)CCC1=O. The number of aliphatic carboxylic acids is 1. The van der Waals surface area contributed by atoms with Crippen molar-refractivity contribution < 1.29 is 29.1 Å². The third-order valence-corrected chi connectivity index (χ3v) is 12.8. The van der Waals surface area contributed by atoms with Gasteiger partial charge in [0, 0.05) is 40.2 Å². The second-order valence-electron chi connectivity index (χ2n) is 11.7. The highest BCUT2D eigenvalue weighted by atomic mass is 32.2. The van der Waals surface area contributed by atoms with Crippen LogP contribution in [0.1, 0.15) is 89.5 Å². The van der Waals surface area contributed by atoms with Crippen LogP contribution in [-0.2, 0) is 24.0 Å². The van der Waals surface area contributed by atoms with Crippen molar-refractivity contribution in [2.75, 3.05) is 23.5 Å². The quantitative estimate of drug-likeness (QED) is 0.111. The first kappa shape index (κ1) is 40.4. The van der Waals surface area contributed by atoms with Crippen LogP contribution < -0.4 is 4.90 Å². The van der Waals surface area contributed by atoms with Gasteiger partial charge in [0.15, 0.2) is 0 Å². The zero-order valence-electron chi connectivity index (χ0n) is 29.5. The van der Waals surface area contributed by atoms with Crippen LogP contribution in [0.15, 0.2) is 46.3 Å². The summed E-state index contributed by atoms with van der Waals surface area (Å²) in [5.74, 6) is -0.0189. The monoisotopic (exact) mass is 702 g/mol. The number of hydroxylamine groups is 2. The number of rotatable bonds is 10. The van der Waals surface area contributed by atoms with Crippen LogP contribution in [0.3, 0.4) is 0 Å². The van der Waals surface area contributed by atoms with E-state index in [2.05, 4.69) is 79.5 Å². The topological polar surface area (TPSA) is 104 Å². The predicted octanol–water partition coefficient (Wildman–Crippen LogP) is 8.61. The van der Waals surface area contributed by atoms with Crippen LogP contribution in [0.5, 0.6) is 0 Å². The minimum atomic E-state index is -0.960. The van der Waals surface area contributed by atoms with Gasteiger partial charge < -0.3 is 10.0 Å². The van der Waals surface area contributed by atoms with Gasteiger partial charge in [0.1, 0.15) is 8.98 Å². The molecule has 1 aromatic carbocycles. The van der Waals surface area contributed by atoms with Gasteiger partial charge in [0.05, 0.1) is 18.3 Å². The molecule has 0 saturated carbocycles. The van der Waals surface area contributed by atoms with Crippen molar-refractivity contribution in [3.63, 3.8) is 0 Å². The van der Waals surface area contributed by atoms with Crippen LogP contribution in [0.2, 0.25) is 0 Å². The summed E-state index contributed by atoms with van der Waals surface area (Å²) in [6, 6.07) is 2.18. The Bertz CT molecular complexity index is 1480. The number of carbonyl (C=O) groups excluding carboxylic acids is 3. The molecule has 1 fully saturated rings. The molecule has 1 N–H and O–H groups in total. The van der Waals surface area contributed by atoms with Crippen molar-refractivity contribution in [1.82, 2.24) is 5.06 Å². The third kappa shape index (κ3) is 7.63. The van der Waals surface area contributed by atoms with Crippen LogP contribution >= 0.6 is 35.3 Å². The summed E-state index contributed by atoms with van der Waals surface area (Å²) in [6.07, 6.45) is 5.25. The fraction of sp³-hybridized carbons (Fsp3) is 0.500. The molecule has 3 aliphatic heterocycles. The number of anilines is 1. The third-order valence-electron chi connectivity index (χ3n) is 8.33. The number of carbonyl (C=O) groups is 4. The standard InChI is InChI=1S/C28H35NO3S3.C5H7NO3.C3H8/c1-10-13-34-28(33-12-3)21(16(4)5)24(26(31)32)35-25-22(28)20-14-17(6)18(7)19(8)23(20)29(15-30)27(25,9)11-2;1-9-6-4(7)2-3-5(6)8;1-3-2/h10,14-15H,1,4,11-13H2,2-3,5-9H3,(H,31,32);2-3H2,1H3;3H2,1-2H3. The Kier molecular flexibility index (Phi) is 14.7. The van der Waals surface area contributed by atoms with Gasteiger partial charge in [-0.2, -0.15) is 5.06 Å². The first-order chi connectivity index (χ1) is 22.1. The minimum absolute atomic E-state index is 0.248. The van der Waals surface area contributed by atoms with E-state index in [0.29, 0.717) is 17.1 Å². The second kappa shape index (κ2) is 17.1. The molecule has 47 heavy (non-hydrogen) atoms. The van der Waals surface area contributed by atoms with Crippen molar-refractivity contribution in [2.24, 2.45) is 0 Å². The molecule has 0 bridgehead atoms. The van der Waals surface area contributed by atoms with Gasteiger partial charge in [-0.1, -0.05) is 64.1 Å². The van der Waals surface area contributed by atoms with Crippen molar-refractivity contribution in [3.8, 4) is 0 Å². The Balaban J connectivity index is 0.000000539. The molecule has 1 saturated heterocycles. The molecule has 0 aliphatic carbocycles. The summed E-state index contributed by atoms with van der Waals surface area (Å²) in [5.41, 5.74) is 7.25. The minimum Gasteiger partial charge on any atom is -0.477 e. The van der Waals surface area contributed by atoms with Crippen molar-refractivity contribution in [1.29, 1.82) is 0 Å². The normalized spacial score (nSPS) is 21.7. The molecule has 0 spiro atoms. The summed E-state index contributed by atoms with van der Waals surface area (Å²) in [5, 5.41) is 11.2. The largest absolute Gasteiger partial charge is 0.477 e. The Labute approximate surface area is 293 Å². The van der Waals surface area contributed by atoms with Crippen molar-refractivity contribution in [3.05, 3.63) is 68.5 Å². The first-order valence-corrected chi connectivity index (χ1v) is 18.6. The molecule has 258 valence electrons. The van der Waals surface area contributed by atoms with Gasteiger partial charge in [0.2, 0.25) is 6.41 Å². The number of benzene rings is 1. The highest BCUT2D eigenvalue weighted by molar-refractivity contribution is 8.19. The van der Waals surface area contributed by atoms with E-state index in [1.54, 1.807) is 23.5 Å². The summed E-state index contributed by atoms with van der Waals surface area (Å²) in [4.78, 5) is 54.1. The summed E-state index contributed by atoms with van der Waals surface area (Å²) in [6.45, 7) is 26.9. The number of nitrogens with zero attached hydrogens (tertiary/aromatic N) is 2. The maximum Gasteiger partial charge on any atom is 0.342 e. The van der Waals surface area contributed by atoms with Gasteiger partial charge in [-0.05, 0) is 69.5 Å². The number of thioether (sulfide) groups is 3. The number of allylic oxidation sites excluding steroid dienone is 1. The average molecular weight is 703 g/mol. The number of aryl methyl sites for hydroxylation is 1. The molecular weight excluding hydrogens is 653 g/mol. The summed E-state index contributed by atoms with van der Waals surface area (Å²) >= 11 is 4.73. The Hall–Kier alpha value is -2.73. The van der Waals surface area contributed by atoms with Crippen molar-refractivity contribution >= 4 is 70.7 Å². The molecule has 3 amide bonds. The van der Waals surface area contributed by atoms with E-state index in [1.807, 2.05) is 17.9 Å². The Morgan fingerprint density at radius 3 is 2.09 bits per heavy atom. The fourth-order valence-corrected chi connectivity index (χ4v) is 10.8. The lowest BCUT2D eigenvalue weighted by Crippen LogP contribution is -2.52. The number of hydrogen-bond donors (Lipinski definition) is 1. The van der Waals surface area contributed by atoms with E-state index in [4.69, 9.17) is 0 Å². The smallest absolute Gasteiger partial charge is 0.342 e. The molecule has 4 rings (SSSR count). The summed E-state index contributed by atoms with van der Waals surface area (Å²) < 4.78 is -0.697. The van der Waals surface area contributed by atoms with Crippen molar-refractivity contribution in [2.45, 2.75) is 97.6 Å². The van der Waals surface area contributed by atoms with E-state index in [9.17, 15) is 24.3 Å². The number of imide groups is 1. The Morgan fingerprint density at radius 2 is 1.68 bits per heavy atom. The molecular formula is C36H50N2O6S3. The number of carboxylic acid groups (broad SMARTS) is 1. The second-order valence-corrected chi connectivity index (χ2v) is 15.7. The highest BCUT2D eigenvalue weighted by Gasteiger charge is 2.55. The maximum absolute atomic E-state index is 12.7. The molecule has 0 radical (unpaired) electrons. The number of fused-ring (bicyclic) bond motifs is 2. The molecule has 3 aliphatic rings. The molecule has 3 heterocycles. The molecule has 2 atom stereocenters. The van der Waals surface area contributed by atoms with E-state index in [-0.39, 0.29) is 24.7 Å². The van der Waals surface area contributed by atoms with Gasteiger partial charge in [-0.3, -0.25) is 19.2 Å². The highest BCUT2D eigenvalue weighted by Crippen LogP contribution is 2.67. The van der Waals surface area contributed by atoms with Gasteiger partial charge in [-0.15, -0.1) is 30.1 Å². The maximum atomic E-state index is 12.7. The molecule has 1 aromatic rings. The van der Waals surface area contributed by atoms with Crippen LogP contribution in [0, 0.1) is 20.8 Å².